The SMILES string of the molecule is CC(C)c1ccc(OCCNC(=O)N2CCN(Cc3ccccc3)CC2)cc1. The van der Waals surface area contributed by atoms with Crippen LogP contribution in [0, 0.1) is 0 Å². The van der Waals surface area contributed by atoms with Crippen LogP contribution < -0.4 is 10.1 Å². The molecule has 28 heavy (non-hydrogen) atoms. The fraction of sp³-hybridized carbons (Fsp3) is 0.435. The van der Waals surface area contributed by atoms with Crippen molar-refractivity contribution in [3.05, 3.63) is 65.7 Å². The van der Waals surface area contributed by atoms with Crippen LogP contribution in [0.15, 0.2) is 54.6 Å². The van der Waals surface area contributed by atoms with Crippen LogP contribution >= 0.6 is 0 Å². The zero-order chi connectivity index (χ0) is 19.8. The van der Waals surface area contributed by atoms with E-state index in [9.17, 15) is 4.79 Å². The summed E-state index contributed by atoms with van der Waals surface area (Å²) in [6.45, 7) is 9.60. The molecule has 1 aliphatic heterocycles. The van der Waals surface area contributed by atoms with Crippen molar-refractivity contribution in [3.63, 3.8) is 0 Å². The average molecular weight is 382 g/mol. The lowest BCUT2D eigenvalue weighted by molar-refractivity contribution is 0.134. The molecule has 2 aromatic carbocycles. The third-order valence-corrected chi connectivity index (χ3v) is 5.10. The molecule has 3 rings (SSSR count). The van der Waals surface area contributed by atoms with Gasteiger partial charge in [0.15, 0.2) is 0 Å². The number of nitrogens with one attached hydrogen (secondary N) is 1. The molecule has 5 heteroatoms. The normalized spacial score (nSPS) is 14.9. The summed E-state index contributed by atoms with van der Waals surface area (Å²) in [5.74, 6) is 1.36. The van der Waals surface area contributed by atoms with Gasteiger partial charge in [0.1, 0.15) is 12.4 Å². The molecule has 1 heterocycles. The molecule has 1 saturated heterocycles. The summed E-state index contributed by atoms with van der Waals surface area (Å²) in [4.78, 5) is 16.6. The van der Waals surface area contributed by atoms with Crippen molar-refractivity contribution < 1.29 is 9.53 Å². The Labute approximate surface area is 168 Å². The Morgan fingerprint density at radius 2 is 1.68 bits per heavy atom. The number of carbonyl (C=O) groups excluding carboxylic acids is 1. The van der Waals surface area contributed by atoms with Crippen LogP contribution in [0.5, 0.6) is 5.75 Å². The summed E-state index contributed by atoms with van der Waals surface area (Å²) in [5.41, 5.74) is 2.62. The minimum absolute atomic E-state index is 0.00174. The molecule has 2 aromatic rings. The largest absolute Gasteiger partial charge is 0.492 e. The molecule has 150 valence electrons. The van der Waals surface area contributed by atoms with Gasteiger partial charge in [0.05, 0.1) is 6.54 Å². The van der Waals surface area contributed by atoms with Gasteiger partial charge in [-0.25, -0.2) is 4.79 Å². The van der Waals surface area contributed by atoms with E-state index in [1.807, 2.05) is 23.1 Å². The topological polar surface area (TPSA) is 44.8 Å². The molecular weight excluding hydrogens is 350 g/mol. The van der Waals surface area contributed by atoms with E-state index in [0.29, 0.717) is 19.1 Å². The third kappa shape index (κ3) is 5.99. The number of rotatable bonds is 7. The molecule has 0 unspecified atom stereocenters. The summed E-state index contributed by atoms with van der Waals surface area (Å²) in [6, 6.07) is 18.6. The second-order valence-electron chi connectivity index (χ2n) is 7.55. The zero-order valence-corrected chi connectivity index (χ0v) is 16.9. The maximum absolute atomic E-state index is 12.3. The highest BCUT2D eigenvalue weighted by Gasteiger charge is 2.20. The van der Waals surface area contributed by atoms with Gasteiger partial charge in [-0.3, -0.25) is 4.90 Å². The Hall–Kier alpha value is -2.53. The van der Waals surface area contributed by atoms with Gasteiger partial charge < -0.3 is 15.0 Å². The number of benzene rings is 2. The van der Waals surface area contributed by atoms with Crippen molar-refractivity contribution in [2.75, 3.05) is 39.3 Å². The van der Waals surface area contributed by atoms with Crippen LogP contribution in [-0.2, 0) is 6.54 Å². The summed E-state index contributed by atoms with van der Waals surface area (Å²) >= 11 is 0. The predicted molar refractivity (Wildman–Crippen MR) is 113 cm³/mol. The third-order valence-electron chi connectivity index (χ3n) is 5.10. The van der Waals surface area contributed by atoms with Gasteiger partial charge in [-0.1, -0.05) is 56.3 Å². The summed E-state index contributed by atoms with van der Waals surface area (Å²) < 4.78 is 5.72. The van der Waals surface area contributed by atoms with Gasteiger partial charge in [-0.05, 0) is 29.2 Å². The molecule has 0 spiro atoms. The van der Waals surface area contributed by atoms with Crippen molar-refractivity contribution in [2.24, 2.45) is 0 Å². The highest BCUT2D eigenvalue weighted by atomic mass is 16.5. The minimum atomic E-state index is -0.00174. The number of ether oxygens (including phenoxy) is 1. The molecule has 5 nitrogen and oxygen atoms in total. The Balaban J connectivity index is 1.32. The van der Waals surface area contributed by atoms with Crippen molar-refractivity contribution in [1.82, 2.24) is 15.1 Å². The van der Waals surface area contributed by atoms with E-state index in [1.165, 1.54) is 11.1 Å². The van der Waals surface area contributed by atoms with Crippen LogP contribution in [0.25, 0.3) is 0 Å². The molecule has 1 fully saturated rings. The predicted octanol–water partition coefficient (Wildman–Crippen LogP) is 3.72. The van der Waals surface area contributed by atoms with Crippen molar-refractivity contribution >= 4 is 6.03 Å². The number of amides is 2. The maximum atomic E-state index is 12.3. The zero-order valence-electron chi connectivity index (χ0n) is 16.9. The minimum Gasteiger partial charge on any atom is -0.492 e. The highest BCUT2D eigenvalue weighted by Crippen LogP contribution is 2.18. The Bertz CT molecular complexity index is 723. The van der Waals surface area contributed by atoms with Gasteiger partial charge >= 0.3 is 6.03 Å². The quantitative estimate of drug-likeness (QED) is 0.744. The number of piperazine rings is 1. The summed E-state index contributed by atoms with van der Waals surface area (Å²) in [5, 5.41) is 2.96. The molecule has 0 saturated carbocycles. The van der Waals surface area contributed by atoms with Gasteiger partial charge in [0.25, 0.3) is 0 Å². The second-order valence-corrected chi connectivity index (χ2v) is 7.55. The monoisotopic (exact) mass is 381 g/mol. The number of hydrogen-bond donors (Lipinski definition) is 1. The lowest BCUT2D eigenvalue weighted by Crippen LogP contribution is -2.51. The van der Waals surface area contributed by atoms with E-state index in [2.05, 4.69) is 60.5 Å². The molecule has 2 amide bonds. The van der Waals surface area contributed by atoms with E-state index in [-0.39, 0.29) is 6.03 Å². The first kappa shape index (κ1) is 20.2. The van der Waals surface area contributed by atoms with Gasteiger partial charge in [-0.15, -0.1) is 0 Å². The van der Waals surface area contributed by atoms with Gasteiger partial charge in [0.2, 0.25) is 0 Å². The molecule has 0 bridgehead atoms. The Morgan fingerprint density at radius 3 is 2.32 bits per heavy atom. The Morgan fingerprint density at radius 1 is 1.00 bits per heavy atom. The molecule has 0 radical (unpaired) electrons. The van der Waals surface area contributed by atoms with Gasteiger partial charge in [0, 0.05) is 32.7 Å². The maximum Gasteiger partial charge on any atom is 0.317 e. The first-order valence-electron chi connectivity index (χ1n) is 10.1. The Kier molecular flexibility index (Phi) is 7.31. The number of nitrogens with zero attached hydrogens (tertiary/aromatic N) is 2. The number of urea groups is 1. The fourth-order valence-electron chi connectivity index (χ4n) is 3.34. The van der Waals surface area contributed by atoms with Gasteiger partial charge in [-0.2, -0.15) is 0 Å². The molecule has 0 atom stereocenters. The van der Waals surface area contributed by atoms with E-state index in [1.54, 1.807) is 0 Å². The van der Waals surface area contributed by atoms with E-state index >= 15 is 0 Å². The first-order valence-corrected chi connectivity index (χ1v) is 10.1. The molecule has 0 aliphatic carbocycles. The van der Waals surface area contributed by atoms with Crippen molar-refractivity contribution in [2.45, 2.75) is 26.3 Å². The van der Waals surface area contributed by atoms with Crippen LogP contribution in [0.4, 0.5) is 4.79 Å². The van der Waals surface area contributed by atoms with Crippen molar-refractivity contribution in [1.29, 1.82) is 0 Å². The fourth-order valence-corrected chi connectivity index (χ4v) is 3.34. The number of carbonyl (C=O) groups is 1. The molecular formula is C23H31N3O2. The standard InChI is InChI=1S/C23H31N3O2/c1-19(2)21-8-10-22(11-9-21)28-17-12-24-23(27)26-15-13-25(14-16-26)18-20-6-4-3-5-7-20/h3-11,19H,12-18H2,1-2H3,(H,24,27). The second kappa shape index (κ2) is 10.1. The molecule has 1 N–H and O–H groups in total. The van der Waals surface area contributed by atoms with E-state index < -0.39 is 0 Å². The number of hydrogen-bond acceptors (Lipinski definition) is 3. The van der Waals surface area contributed by atoms with E-state index in [4.69, 9.17) is 4.74 Å². The lowest BCUT2D eigenvalue weighted by atomic mass is 10.0. The first-order chi connectivity index (χ1) is 13.6. The van der Waals surface area contributed by atoms with E-state index in [0.717, 1.165) is 38.5 Å². The molecule has 0 aromatic heterocycles. The van der Waals surface area contributed by atoms with Crippen LogP contribution in [0.3, 0.4) is 0 Å². The lowest BCUT2D eigenvalue weighted by Gasteiger charge is -2.34. The van der Waals surface area contributed by atoms with Crippen molar-refractivity contribution in [3.8, 4) is 5.75 Å². The van der Waals surface area contributed by atoms with Crippen LogP contribution in [0.2, 0.25) is 0 Å². The van der Waals surface area contributed by atoms with Crippen LogP contribution in [0.1, 0.15) is 30.9 Å². The summed E-state index contributed by atoms with van der Waals surface area (Å²) in [7, 11) is 0. The summed E-state index contributed by atoms with van der Waals surface area (Å²) in [6.07, 6.45) is 0. The highest BCUT2D eigenvalue weighted by molar-refractivity contribution is 5.74. The average Bonchev–Trinajstić information content (AvgIpc) is 2.72. The van der Waals surface area contributed by atoms with Crippen LogP contribution in [-0.4, -0.2) is 55.2 Å². The smallest absolute Gasteiger partial charge is 0.317 e. The molecule has 1 aliphatic rings.